The van der Waals surface area contributed by atoms with Crippen LogP contribution in [0.3, 0.4) is 0 Å². The van der Waals surface area contributed by atoms with Crippen molar-refractivity contribution in [3.05, 3.63) is 65.4 Å². The molecule has 5 aromatic rings. The maximum absolute atomic E-state index is 12.3. The molecule has 1 aliphatic carbocycles. The van der Waals surface area contributed by atoms with Crippen molar-refractivity contribution in [2.75, 3.05) is 20.3 Å². The van der Waals surface area contributed by atoms with Crippen molar-refractivity contribution >= 4 is 28.0 Å². The van der Waals surface area contributed by atoms with Gasteiger partial charge in [0.1, 0.15) is 28.8 Å². The first kappa shape index (κ1) is 23.9. The highest BCUT2D eigenvalue weighted by atomic mass is 16.5. The minimum Gasteiger partial charge on any atom is -0.496 e. The number of aliphatic hydroxyl groups is 1. The summed E-state index contributed by atoms with van der Waals surface area (Å²) in [4.78, 5) is 29.6. The van der Waals surface area contributed by atoms with Crippen LogP contribution >= 0.6 is 0 Å². The van der Waals surface area contributed by atoms with Gasteiger partial charge >= 0.3 is 0 Å². The molecule has 0 saturated heterocycles. The van der Waals surface area contributed by atoms with E-state index in [1.807, 2.05) is 37.4 Å². The maximum atomic E-state index is 12.3. The predicted octanol–water partition coefficient (Wildman–Crippen LogP) is 3.94. The second-order valence-corrected chi connectivity index (χ2v) is 9.29. The molecule has 2 aromatic carbocycles. The number of carbonyl (C=O) groups is 1. The average Bonchev–Trinajstić information content (AvgIpc) is 3.49. The van der Waals surface area contributed by atoms with E-state index in [0.29, 0.717) is 41.0 Å². The van der Waals surface area contributed by atoms with Gasteiger partial charge in [0.05, 0.1) is 19.1 Å². The molecule has 10 nitrogen and oxygen atoms in total. The number of hydrogen-bond donors (Lipinski definition) is 3. The quantitative estimate of drug-likeness (QED) is 0.270. The topological polar surface area (TPSA) is 135 Å². The maximum Gasteiger partial charge on any atom is 0.251 e. The van der Waals surface area contributed by atoms with Gasteiger partial charge < -0.3 is 29.3 Å². The van der Waals surface area contributed by atoms with E-state index in [1.54, 1.807) is 19.2 Å². The van der Waals surface area contributed by atoms with Crippen LogP contribution in [-0.2, 0) is 6.42 Å². The molecule has 38 heavy (non-hydrogen) atoms. The van der Waals surface area contributed by atoms with Crippen LogP contribution in [0, 0.1) is 6.92 Å². The van der Waals surface area contributed by atoms with Gasteiger partial charge in [-0.15, -0.1) is 0 Å². The van der Waals surface area contributed by atoms with Gasteiger partial charge in [-0.25, -0.2) is 9.97 Å². The largest absolute Gasteiger partial charge is 0.496 e. The number of aromatic nitrogens is 4. The third-order valence-corrected chi connectivity index (χ3v) is 6.45. The van der Waals surface area contributed by atoms with Crippen molar-refractivity contribution in [2.24, 2.45) is 0 Å². The number of ether oxygens (including phenoxy) is 2. The van der Waals surface area contributed by atoms with Crippen LogP contribution in [0.4, 0.5) is 0 Å². The molecule has 1 amide bonds. The molecule has 3 N–H and O–H groups in total. The molecule has 0 unspecified atom stereocenters. The van der Waals surface area contributed by atoms with E-state index in [2.05, 4.69) is 15.3 Å². The zero-order valence-corrected chi connectivity index (χ0v) is 21.1. The first-order chi connectivity index (χ1) is 18.5. The lowest BCUT2D eigenvalue weighted by molar-refractivity contribution is 0.0944. The molecule has 1 saturated carbocycles. The van der Waals surface area contributed by atoms with Gasteiger partial charge in [-0.1, -0.05) is 12.1 Å². The van der Waals surface area contributed by atoms with Crippen LogP contribution in [-0.4, -0.2) is 57.3 Å². The van der Waals surface area contributed by atoms with Crippen LogP contribution in [0.2, 0.25) is 0 Å². The van der Waals surface area contributed by atoms with Crippen LogP contribution < -0.4 is 14.8 Å². The van der Waals surface area contributed by atoms with Crippen molar-refractivity contribution in [1.82, 2.24) is 25.3 Å². The second-order valence-electron chi connectivity index (χ2n) is 9.29. The van der Waals surface area contributed by atoms with Crippen LogP contribution in [0.15, 0.2) is 47.0 Å². The number of nitrogens with one attached hydrogen (secondary N) is 2. The Balaban J connectivity index is 1.36. The monoisotopic (exact) mass is 513 g/mol. The lowest BCUT2D eigenvalue weighted by Gasteiger charge is -2.12. The SMILES string of the molecule is COc1cc(C(=O)NCCO)ccc1Cc1nc(OC2CC2)c2c(-c3ccc4nc(C)oc4c3)c[nH]c2n1. The number of nitrogens with zero attached hydrogens (tertiary/aromatic N) is 3. The molecule has 0 spiro atoms. The number of oxazole rings is 1. The fourth-order valence-electron chi connectivity index (χ4n) is 4.46. The molecule has 0 aliphatic heterocycles. The van der Waals surface area contributed by atoms with E-state index in [1.165, 1.54) is 0 Å². The second kappa shape index (κ2) is 9.79. The van der Waals surface area contributed by atoms with Gasteiger partial charge in [-0.3, -0.25) is 4.79 Å². The van der Waals surface area contributed by atoms with Gasteiger partial charge in [-0.05, 0) is 42.7 Å². The summed E-state index contributed by atoms with van der Waals surface area (Å²) < 4.78 is 17.6. The Morgan fingerprint density at radius 3 is 2.84 bits per heavy atom. The molecule has 6 rings (SSSR count). The Morgan fingerprint density at radius 1 is 1.18 bits per heavy atom. The summed E-state index contributed by atoms with van der Waals surface area (Å²) >= 11 is 0. The highest BCUT2D eigenvalue weighted by molar-refractivity contribution is 5.98. The third-order valence-electron chi connectivity index (χ3n) is 6.45. The van der Waals surface area contributed by atoms with Gasteiger partial charge in [0.25, 0.3) is 5.91 Å². The zero-order valence-electron chi connectivity index (χ0n) is 21.1. The molecular weight excluding hydrogens is 486 g/mol. The summed E-state index contributed by atoms with van der Waals surface area (Å²) in [6.07, 6.45) is 4.44. The molecule has 0 atom stereocenters. The average molecular weight is 514 g/mol. The van der Waals surface area contributed by atoms with Crippen molar-refractivity contribution in [2.45, 2.75) is 32.3 Å². The van der Waals surface area contributed by atoms with Gasteiger partial charge in [-0.2, -0.15) is 4.98 Å². The van der Waals surface area contributed by atoms with E-state index in [4.69, 9.17) is 29.0 Å². The number of aromatic amines is 1. The van der Waals surface area contributed by atoms with Crippen molar-refractivity contribution in [3.63, 3.8) is 0 Å². The van der Waals surface area contributed by atoms with E-state index in [-0.39, 0.29) is 25.2 Å². The third kappa shape index (κ3) is 4.66. The molecule has 3 heterocycles. The highest BCUT2D eigenvalue weighted by Gasteiger charge is 2.27. The normalized spacial score (nSPS) is 13.2. The molecule has 10 heteroatoms. The van der Waals surface area contributed by atoms with Crippen LogP contribution in [0.1, 0.15) is 40.5 Å². The predicted molar refractivity (Wildman–Crippen MR) is 140 cm³/mol. The lowest BCUT2D eigenvalue weighted by Crippen LogP contribution is -2.26. The van der Waals surface area contributed by atoms with Gasteiger partial charge in [0.2, 0.25) is 5.88 Å². The first-order valence-electron chi connectivity index (χ1n) is 12.5. The highest BCUT2D eigenvalue weighted by Crippen LogP contribution is 2.38. The Labute approximate surface area is 218 Å². The van der Waals surface area contributed by atoms with E-state index in [9.17, 15) is 4.79 Å². The van der Waals surface area contributed by atoms with Crippen molar-refractivity contribution in [1.29, 1.82) is 0 Å². The van der Waals surface area contributed by atoms with Crippen LogP contribution in [0.5, 0.6) is 11.6 Å². The standard InChI is InChI=1S/C28H27N5O5/c1-15-31-21-8-5-16(11-23(21)37-15)20-14-30-26-25(20)28(38-19-6-7-19)33-24(32-26)13-17-3-4-18(12-22(17)36-2)27(35)29-9-10-34/h3-5,8,11-12,14,19,34H,6-7,9-10,13H2,1-2H3,(H,29,35)(H,30,32,33). The fourth-order valence-corrected chi connectivity index (χ4v) is 4.46. The van der Waals surface area contributed by atoms with Gasteiger partial charge in [0.15, 0.2) is 11.5 Å². The van der Waals surface area contributed by atoms with Crippen molar-refractivity contribution < 1.29 is 23.8 Å². The Morgan fingerprint density at radius 2 is 2.05 bits per heavy atom. The summed E-state index contributed by atoms with van der Waals surface area (Å²) in [5, 5.41) is 12.4. The fraction of sp³-hybridized carbons (Fsp3) is 0.286. The van der Waals surface area contributed by atoms with E-state index < -0.39 is 0 Å². The molecule has 3 aromatic heterocycles. The Hall–Kier alpha value is -4.44. The molecule has 0 bridgehead atoms. The zero-order chi connectivity index (χ0) is 26.2. The first-order valence-corrected chi connectivity index (χ1v) is 12.5. The molecular formula is C28H27N5O5. The number of aryl methyl sites for hydroxylation is 1. The minimum absolute atomic E-state index is 0.124. The number of H-pyrrole nitrogens is 1. The Bertz CT molecular complexity index is 1650. The number of fused-ring (bicyclic) bond motifs is 2. The summed E-state index contributed by atoms with van der Waals surface area (Å²) in [5.74, 6) is 2.00. The summed E-state index contributed by atoms with van der Waals surface area (Å²) in [6.45, 7) is 1.89. The number of carbonyl (C=O) groups excluding carboxylic acids is 1. The van der Waals surface area contributed by atoms with E-state index in [0.717, 1.165) is 46.0 Å². The summed E-state index contributed by atoms with van der Waals surface area (Å²) in [6, 6.07) is 11.1. The number of hydrogen-bond acceptors (Lipinski definition) is 8. The number of aliphatic hydroxyl groups excluding tert-OH is 1. The molecule has 1 fully saturated rings. The smallest absolute Gasteiger partial charge is 0.251 e. The molecule has 1 aliphatic rings. The number of rotatable bonds is 9. The van der Waals surface area contributed by atoms with E-state index >= 15 is 0 Å². The molecule has 194 valence electrons. The Kier molecular flexibility index (Phi) is 6.16. The number of benzene rings is 2. The number of methoxy groups -OCH3 is 1. The van der Waals surface area contributed by atoms with Crippen LogP contribution in [0.25, 0.3) is 33.3 Å². The summed E-state index contributed by atoms with van der Waals surface area (Å²) in [5.41, 5.74) is 5.36. The molecule has 0 radical (unpaired) electrons. The minimum atomic E-state index is -0.278. The number of amides is 1. The van der Waals surface area contributed by atoms with Crippen molar-refractivity contribution in [3.8, 4) is 22.8 Å². The summed E-state index contributed by atoms with van der Waals surface area (Å²) in [7, 11) is 1.56. The lowest BCUT2D eigenvalue weighted by atomic mass is 10.0. The van der Waals surface area contributed by atoms with Gasteiger partial charge in [0, 0.05) is 42.8 Å².